The van der Waals surface area contributed by atoms with Crippen LogP contribution in [0.2, 0.25) is 0 Å². The van der Waals surface area contributed by atoms with Crippen molar-refractivity contribution in [1.82, 2.24) is 14.8 Å². The molecule has 0 aliphatic carbocycles. The number of rotatable bonds is 10. The number of nitrogens with zero attached hydrogens (tertiary/aromatic N) is 4. The Balaban J connectivity index is 2.08. The van der Waals surface area contributed by atoms with Crippen molar-refractivity contribution in [2.45, 2.75) is 45.3 Å². The van der Waals surface area contributed by atoms with E-state index < -0.39 is 10.8 Å². The number of nitro groups is 1. The van der Waals surface area contributed by atoms with Crippen molar-refractivity contribution in [3.05, 3.63) is 39.7 Å². The van der Waals surface area contributed by atoms with Gasteiger partial charge in [0, 0.05) is 25.5 Å². The van der Waals surface area contributed by atoms with Crippen molar-refractivity contribution in [3.8, 4) is 0 Å². The highest BCUT2D eigenvalue weighted by Crippen LogP contribution is 2.26. The predicted octanol–water partition coefficient (Wildman–Crippen LogP) is 2.30. The van der Waals surface area contributed by atoms with Crippen LogP contribution >= 0.6 is 11.8 Å². The number of carbonyl (C=O) groups excluding carboxylic acids is 2. The molecule has 0 radical (unpaired) electrons. The minimum Gasteiger partial charge on any atom is -0.370 e. The summed E-state index contributed by atoms with van der Waals surface area (Å²) in [5.41, 5.74) is 5.94. The number of hydrogen-bond acceptors (Lipinski definition) is 7. The van der Waals surface area contributed by atoms with Gasteiger partial charge in [-0.25, -0.2) is 0 Å². The van der Waals surface area contributed by atoms with Gasteiger partial charge in [-0.2, -0.15) is 0 Å². The molecule has 1 aromatic heterocycles. The van der Waals surface area contributed by atoms with Crippen molar-refractivity contribution in [3.63, 3.8) is 0 Å². The molecule has 156 valence electrons. The zero-order valence-corrected chi connectivity index (χ0v) is 17.4. The number of nitro benzene ring substituents is 1. The van der Waals surface area contributed by atoms with E-state index in [-0.39, 0.29) is 29.5 Å². The molecule has 0 fully saturated rings. The third-order valence-electron chi connectivity index (χ3n) is 3.89. The van der Waals surface area contributed by atoms with Crippen LogP contribution in [-0.2, 0) is 22.6 Å². The molecule has 10 nitrogen and oxygen atoms in total. The topological polar surface area (TPSA) is 146 Å². The molecule has 0 saturated carbocycles. The Morgan fingerprint density at radius 1 is 1.34 bits per heavy atom. The van der Waals surface area contributed by atoms with Crippen LogP contribution in [0.25, 0.3) is 0 Å². The van der Waals surface area contributed by atoms with Crippen LogP contribution in [0.1, 0.15) is 31.7 Å². The van der Waals surface area contributed by atoms with Gasteiger partial charge in [0.15, 0.2) is 5.16 Å². The van der Waals surface area contributed by atoms with E-state index in [1.54, 1.807) is 13.0 Å². The average molecular weight is 420 g/mol. The lowest BCUT2D eigenvalue weighted by atomic mass is 10.2. The first-order valence-electron chi connectivity index (χ1n) is 9.05. The molecule has 0 aliphatic heterocycles. The van der Waals surface area contributed by atoms with Crippen LogP contribution < -0.4 is 11.1 Å². The lowest BCUT2D eigenvalue weighted by Gasteiger charge is -2.12. The van der Waals surface area contributed by atoms with Crippen LogP contribution in [-0.4, -0.2) is 37.3 Å². The summed E-state index contributed by atoms with van der Waals surface area (Å²) in [6, 6.07) is 4.62. The van der Waals surface area contributed by atoms with Crippen LogP contribution in [0.4, 0.5) is 11.4 Å². The van der Waals surface area contributed by atoms with Gasteiger partial charge in [-0.05, 0) is 24.5 Å². The second kappa shape index (κ2) is 10.0. The number of primary amides is 1. The van der Waals surface area contributed by atoms with Gasteiger partial charge in [0.2, 0.25) is 11.8 Å². The molecule has 2 rings (SSSR count). The third-order valence-corrected chi connectivity index (χ3v) is 4.86. The fourth-order valence-corrected chi connectivity index (χ4v) is 3.38. The van der Waals surface area contributed by atoms with Crippen molar-refractivity contribution < 1.29 is 14.5 Å². The number of benzene rings is 1. The summed E-state index contributed by atoms with van der Waals surface area (Å²) in [4.78, 5) is 34.0. The monoisotopic (exact) mass is 420 g/mol. The van der Waals surface area contributed by atoms with Gasteiger partial charge >= 0.3 is 0 Å². The minimum absolute atomic E-state index is 0.0110. The number of hydrogen-bond donors (Lipinski definition) is 2. The molecule has 0 aliphatic rings. The van der Waals surface area contributed by atoms with Crippen molar-refractivity contribution >= 4 is 35.0 Å². The van der Waals surface area contributed by atoms with Crippen LogP contribution in [0.5, 0.6) is 0 Å². The van der Waals surface area contributed by atoms with E-state index in [0.29, 0.717) is 29.9 Å². The zero-order valence-electron chi connectivity index (χ0n) is 16.5. The zero-order chi connectivity index (χ0) is 21.6. The first-order valence-corrected chi connectivity index (χ1v) is 10.0. The number of carbonyl (C=O) groups is 2. The highest BCUT2D eigenvalue weighted by Gasteiger charge is 2.18. The molecule has 0 saturated heterocycles. The largest absolute Gasteiger partial charge is 0.370 e. The second-order valence-electron chi connectivity index (χ2n) is 6.98. The van der Waals surface area contributed by atoms with E-state index in [9.17, 15) is 19.7 Å². The molecule has 0 unspecified atom stereocenters. The van der Waals surface area contributed by atoms with Gasteiger partial charge in [0.25, 0.3) is 5.69 Å². The predicted molar refractivity (Wildman–Crippen MR) is 110 cm³/mol. The number of aromatic nitrogens is 3. The molecule has 0 atom stereocenters. The summed E-state index contributed by atoms with van der Waals surface area (Å²) >= 11 is 1.18. The van der Waals surface area contributed by atoms with Gasteiger partial charge in [-0.15, -0.1) is 10.2 Å². The lowest BCUT2D eigenvalue weighted by molar-refractivity contribution is -0.384. The molecule has 2 amide bonds. The molecule has 0 spiro atoms. The van der Waals surface area contributed by atoms with E-state index in [2.05, 4.69) is 15.5 Å². The molecule has 3 N–H and O–H groups in total. The fraction of sp³-hybridized carbons (Fsp3) is 0.444. The minimum atomic E-state index is -0.528. The molecule has 0 bridgehead atoms. The number of anilines is 1. The summed E-state index contributed by atoms with van der Waals surface area (Å²) < 4.78 is 1.87. The lowest BCUT2D eigenvalue weighted by Crippen LogP contribution is -2.17. The highest BCUT2D eigenvalue weighted by atomic mass is 32.2. The summed E-state index contributed by atoms with van der Waals surface area (Å²) in [6.07, 6.45) is 0.538. The second-order valence-corrected chi connectivity index (χ2v) is 7.93. The molecule has 1 aromatic carbocycles. The Morgan fingerprint density at radius 3 is 2.69 bits per heavy atom. The molecule has 29 heavy (non-hydrogen) atoms. The number of nitrogens with one attached hydrogen (secondary N) is 1. The maximum Gasteiger partial charge on any atom is 0.293 e. The number of amides is 2. The molecular formula is C18H24N6O4S. The van der Waals surface area contributed by atoms with E-state index in [1.165, 1.54) is 23.9 Å². The number of thioether (sulfide) groups is 1. The Bertz CT molecular complexity index is 912. The quantitative estimate of drug-likeness (QED) is 0.340. The van der Waals surface area contributed by atoms with E-state index in [0.717, 1.165) is 5.56 Å². The molecular weight excluding hydrogens is 396 g/mol. The fourth-order valence-electron chi connectivity index (χ4n) is 2.61. The third kappa shape index (κ3) is 6.56. The summed E-state index contributed by atoms with van der Waals surface area (Å²) in [6.45, 7) is 6.45. The average Bonchev–Trinajstić information content (AvgIpc) is 3.00. The Morgan fingerprint density at radius 2 is 2.07 bits per heavy atom. The summed E-state index contributed by atoms with van der Waals surface area (Å²) in [5.74, 6) is 0.144. The first kappa shape index (κ1) is 22.3. The molecule has 11 heteroatoms. The van der Waals surface area contributed by atoms with Gasteiger partial charge in [-0.3, -0.25) is 19.7 Å². The van der Waals surface area contributed by atoms with Crippen LogP contribution in [0, 0.1) is 23.0 Å². The Hall–Kier alpha value is -2.95. The van der Waals surface area contributed by atoms with E-state index in [1.807, 2.05) is 18.4 Å². The van der Waals surface area contributed by atoms with Gasteiger partial charge in [-0.1, -0.05) is 31.7 Å². The SMILES string of the molecule is Cc1ccc(NC(=O)CSc2nnc(CCC(N)=O)n2CC(C)C)c([N+](=O)[O-])c1. The van der Waals surface area contributed by atoms with Gasteiger partial charge in [0.1, 0.15) is 11.5 Å². The highest BCUT2D eigenvalue weighted by molar-refractivity contribution is 7.99. The van der Waals surface area contributed by atoms with Crippen LogP contribution in [0.3, 0.4) is 0 Å². The summed E-state index contributed by atoms with van der Waals surface area (Å²) in [5, 5.41) is 22.5. The first-order chi connectivity index (χ1) is 13.7. The van der Waals surface area contributed by atoms with Crippen molar-refractivity contribution in [1.29, 1.82) is 0 Å². The smallest absolute Gasteiger partial charge is 0.293 e. The van der Waals surface area contributed by atoms with E-state index in [4.69, 9.17) is 5.73 Å². The number of nitrogens with two attached hydrogens (primary N) is 1. The van der Waals surface area contributed by atoms with Crippen molar-refractivity contribution in [2.24, 2.45) is 11.7 Å². The maximum atomic E-state index is 12.3. The standard InChI is InChI=1S/C18H24N6O4S/c1-11(2)9-23-16(7-6-15(19)25)21-22-18(23)29-10-17(26)20-13-5-4-12(3)8-14(13)24(27)28/h4-5,8,11H,6-7,9-10H2,1-3H3,(H2,19,25)(H,20,26). The molecule has 1 heterocycles. The summed E-state index contributed by atoms with van der Waals surface area (Å²) in [7, 11) is 0. The normalized spacial score (nSPS) is 10.9. The van der Waals surface area contributed by atoms with Gasteiger partial charge in [0.05, 0.1) is 10.7 Å². The Labute approximate surface area is 172 Å². The molecule has 2 aromatic rings. The number of aryl methyl sites for hydroxylation is 2. The van der Waals surface area contributed by atoms with Crippen LogP contribution in [0.15, 0.2) is 23.4 Å². The van der Waals surface area contributed by atoms with E-state index >= 15 is 0 Å². The van der Waals surface area contributed by atoms with Gasteiger partial charge < -0.3 is 15.6 Å². The Kier molecular flexibility index (Phi) is 7.71. The maximum absolute atomic E-state index is 12.3. The van der Waals surface area contributed by atoms with Crippen molar-refractivity contribution in [2.75, 3.05) is 11.1 Å².